The Morgan fingerprint density at radius 2 is 1.87 bits per heavy atom. The van der Waals surface area contributed by atoms with Crippen LogP contribution < -0.4 is 5.73 Å². The van der Waals surface area contributed by atoms with Gasteiger partial charge in [-0.1, -0.05) is 64.5 Å². The Morgan fingerprint density at radius 1 is 1.17 bits per heavy atom. The van der Waals surface area contributed by atoms with Crippen LogP contribution in [-0.2, 0) is 0 Å². The third-order valence-electron chi connectivity index (χ3n) is 10.3. The fraction of sp³-hybridized carbons (Fsp3) is 0.926. The standard InChI is InChI=1S/C27H47NO2/c1-5-16(2)27(4,30)15-20-12-11-18(20)9-7-6-8-10-19-13-21-17(3)22-14-23(29)25(22)26(28)24(19)21/h13,16-20,22-26,29-30H,5-12,14-15,28H2,1-4H3. The lowest BCUT2D eigenvalue weighted by molar-refractivity contribution is -0.0967. The number of allylic oxidation sites excluding steroid dienone is 1. The Labute approximate surface area is 184 Å². The van der Waals surface area contributed by atoms with Crippen LogP contribution in [-0.4, -0.2) is 28.0 Å². The van der Waals surface area contributed by atoms with Gasteiger partial charge in [-0.3, -0.25) is 0 Å². The minimum absolute atomic E-state index is 0.147. The molecule has 0 aromatic heterocycles. The summed E-state index contributed by atoms with van der Waals surface area (Å²) in [6.45, 7) is 8.79. The molecule has 4 N–H and O–H groups in total. The SMILES string of the molecule is CCC(C)C(C)(O)CC1CCC1CCCCCC1C=C2C(C)C3CC(O)C3C(N)C21. The van der Waals surface area contributed by atoms with Crippen molar-refractivity contribution in [3.8, 4) is 0 Å². The average molecular weight is 418 g/mol. The summed E-state index contributed by atoms with van der Waals surface area (Å²) in [6.07, 6.45) is 14.7. The van der Waals surface area contributed by atoms with Gasteiger partial charge in [0.2, 0.25) is 0 Å². The number of aliphatic hydroxyl groups is 2. The lowest BCUT2D eigenvalue weighted by Gasteiger charge is -2.60. The summed E-state index contributed by atoms with van der Waals surface area (Å²) in [6, 6.07) is 0.189. The van der Waals surface area contributed by atoms with Crippen LogP contribution in [0.3, 0.4) is 0 Å². The molecule has 0 aromatic carbocycles. The maximum absolute atomic E-state index is 10.8. The summed E-state index contributed by atoms with van der Waals surface area (Å²) in [5.74, 6) is 4.83. The van der Waals surface area contributed by atoms with Crippen LogP contribution in [0.15, 0.2) is 11.6 Å². The average Bonchev–Trinajstić information content (AvgIpc) is 2.65. The molecule has 30 heavy (non-hydrogen) atoms. The molecule has 0 spiro atoms. The van der Waals surface area contributed by atoms with Crippen molar-refractivity contribution in [1.29, 1.82) is 0 Å². The maximum atomic E-state index is 10.8. The first kappa shape index (κ1) is 22.8. The monoisotopic (exact) mass is 417 g/mol. The van der Waals surface area contributed by atoms with E-state index in [-0.39, 0.29) is 12.1 Å². The molecule has 0 amide bonds. The van der Waals surface area contributed by atoms with Crippen molar-refractivity contribution in [3.63, 3.8) is 0 Å². The van der Waals surface area contributed by atoms with Crippen LogP contribution in [0.4, 0.5) is 0 Å². The molecule has 4 rings (SSSR count). The third kappa shape index (κ3) is 4.04. The van der Waals surface area contributed by atoms with E-state index in [2.05, 4.69) is 33.8 Å². The molecule has 0 saturated heterocycles. The van der Waals surface area contributed by atoms with Gasteiger partial charge in [0.05, 0.1) is 11.7 Å². The molecule has 11 unspecified atom stereocenters. The Morgan fingerprint density at radius 3 is 2.50 bits per heavy atom. The summed E-state index contributed by atoms with van der Waals surface area (Å²) in [7, 11) is 0. The van der Waals surface area contributed by atoms with E-state index in [1.54, 1.807) is 5.57 Å². The van der Waals surface area contributed by atoms with Crippen LogP contribution in [0, 0.1) is 47.3 Å². The van der Waals surface area contributed by atoms with Gasteiger partial charge < -0.3 is 15.9 Å². The quantitative estimate of drug-likeness (QED) is 0.334. The van der Waals surface area contributed by atoms with E-state index < -0.39 is 5.60 Å². The summed E-state index contributed by atoms with van der Waals surface area (Å²) in [4.78, 5) is 0. The zero-order valence-corrected chi connectivity index (χ0v) is 19.9. The molecule has 172 valence electrons. The predicted octanol–water partition coefficient (Wildman–Crippen LogP) is 5.30. The number of aliphatic hydroxyl groups excluding tert-OH is 1. The van der Waals surface area contributed by atoms with Crippen LogP contribution in [0.5, 0.6) is 0 Å². The highest BCUT2D eigenvalue weighted by Crippen LogP contribution is 2.58. The van der Waals surface area contributed by atoms with Crippen LogP contribution in [0.2, 0.25) is 0 Å². The van der Waals surface area contributed by atoms with Crippen LogP contribution >= 0.6 is 0 Å². The zero-order valence-electron chi connectivity index (χ0n) is 19.9. The van der Waals surface area contributed by atoms with Crippen molar-refractivity contribution in [3.05, 3.63) is 11.6 Å². The molecule has 4 aliphatic rings. The molecule has 3 saturated carbocycles. The van der Waals surface area contributed by atoms with E-state index in [4.69, 9.17) is 5.73 Å². The molecular weight excluding hydrogens is 370 g/mol. The zero-order chi connectivity index (χ0) is 21.6. The Kier molecular flexibility index (Phi) is 6.74. The van der Waals surface area contributed by atoms with E-state index >= 15 is 0 Å². The number of hydrogen-bond donors (Lipinski definition) is 3. The van der Waals surface area contributed by atoms with E-state index in [1.807, 2.05) is 0 Å². The van der Waals surface area contributed by atoms with E-state index in [0.717, 1.165) is 31.1 Å². The van der Waals surface area contributed by atoms with Gasteiger partial charge in [-0.05, 0) is 74.5 Å². The lowest BCUT2D eigenvalue weighted by atomic mass is 9.47. The first-order valence-electron chi connectivity index (χ1n) is 13.1. The van der Waals surface area contributed by atoms with Gasteiger partial charge in [0.15, 0.2) is 0 Å². The van der Waals surface area contributed by atoms with E-state index in [1.165, 1.54) is 44.9 Å². The second kappa shape index (κ2) is 8.87. The minimum Gasteiger partial charge on any atom is -0.393 e. The number of unbranched alkanes of at least 4 members (excludes halogenated alkanes) is 2. The molecule has 4 aliphatic carbocycles. The topological polar surface area (TPSA) is 66.5 Å². The second-order valence-corrected chi connectivity index (χ2v) is 11.9. The molecule has 0 bridgehead atoms. The number of rotatable bonds is 10. The third-order valence-corrected chi connectivity index (χ3v) is 10.3. The molecule has 0 aromatic rings. The van der Waals surface area contributed by atoms with Gasteiger partial charge in [-0.15, -0.1) is 0 Å². The number of hydrogen-bond acceptors (Lipinski definition) is 3. The predicted molar refractivity (Wildman–Crippen MR) is 124 cm³/mol. The highest BCUT2D eigenvalue weighted by molar-refractivity contribution is 5.32. The molecule has 3 nitrogen and oxygen atoms in total. The number of fused-ring (bicyclic) bond motifs is 2. The molecule has 0 aliphatic heterocycles. The first-order valence-corrected chi connectivity index (χ1v) is 13.1. The van der Waals surface area contributed by atoms with Crippen LogP contribution in [0.25, 0.3) is 0 Å². The highest BCUT2D eigenvalue weighted by atomic mass is 16.3. The van der Waals surface area contributed by atoms with Crippen molar-refractivity contribution in [2.45, 2.75) is 110 Å². The molecular formula is C27H47NO2. The Bertz CT molecular complexity index is 628. The summed E-state index contributed by atoms with van der Waals surface area (Å²) >= 11 is 0. The van der Waals surface area contributed by atoms with Crippen molar-refractivity contribution in [1.82, 2.24) is 0 Å². The van der Waals surface area contributed by atoms with Crippen molar-refractivity contribution >= 4 is 0 Å². The second-order valence-electron chi connectivity index (χ2n) is 11.9. The number of nitrogens with two attached hydrogens (primary N) is 1. The van der Waals surface area contributed by atoms with Crippen LogP contribution in [0.1, 0.15) is 91.9 Å². The smallest absolute Gasteiger partial charge is 0.0647 e. The summed E-state index contributed by atoms with van der Waals surface area (Å²) in [5, 5.41) is 21.0. The molecule has 0 heterocycles. The van der Waals surface area contributed by atoms with Crippen molar-refractivity contribution in [2.24, 2.45) is 53.1 Å². The van der Waals surface area contributed by atoms with E-state index in [0.29, 0.717) is 35.5 Å². The maximum Gasteiger partial charge on any atom is 0.0647 e. The van der Waals surface area contributed by atoms with Crippen molar-refractivity contribution < 1.29 is 10.2 Å². The lowest BCUT2D eigenvalue weighted by Crippen LogP contribution is -2.63. The Hall–Kier alpha value is -0.380. The highest BCUT2D eigenvalue weighted by Gasteiger charge is 2.57. The fourth-order valence-electron chi connectivity index (χ4n) is 7.49. The summed E-state index contributed by atoms with van der Waals surface area (Å²) < 4.78 is 0. The largest absolute Gasteiger partial charge is 0.393 e. The van der Waals surface area contributed by atoms with Crippen molar-refractivity contribution in [2.75, 3.05) is 0 Å². The Balaban J connectivity index is 1.15. The molecule has 3 fully saturated rings. The van der Waals surface area contributed by atoms with E-state index in [9.17, 15) is 10.2 Å². The molecule has 3 heteroatoms. The fourth-order valence-corrected chi connectivity index (χ4v) is 7.49. The van der Waals surface area contributed by atoms with Gasteiger partial charge >= 0.3 is 0 Å². The van der Waals surface area contributed by atoms with Gasteiger partial charge in [0.1, 0.15) is 0 Å². The molecule has 11 atom stereocenters. The van der Waals surface area contributed by atoms with Gasteiger partial charge in [-0.2, -0.15) is 0 Å². The van der Waals surface area contributed by atoms with Gasteiger partial charge in [0.25, 0.3) is 0 Å². The first-order chi connectivity index (χ1) is 14.2. The minimum atomic E-state index is -0.491. The molecule has 0 radical (unpaired) electrons. The summed E-state index contributed by atoms with van der Waals surface area (Å²) in [5.41, 5.74) is 7.75. The van der Waals surface area contributed by atoms with Gasteiger partial charge in [-0.25, -0.2) is 0 Å². The normalized spacial score (nSPS) is 45.0. The van der Waals surface area contributed by atoms with Gasteiger partial charge in [0, 0.05) is 17.9 Å².